The summed E-state index contributed by atoms with van der Waals surface area (Å²) in [4.78, 5) is 6.21. The maximum atomic E-state index is 15.9. The van der Waals surface area contributed by atoms with Gasteiger partial charge in [-0.25, -0.2) is 17.8 Å². The Kier molecular flexibility index (Phi) is 7.94. The monoisotopic (exact) mass is 485 g/mol. The maximum Gasteiger partial charge on any atom is 0.237 e. The molecule has 0 amide bonds. The fourth-order valence-corrected chi connectivity index (χ4v) is 5.01. The number of morpholine rings is 1. The van der Waals surface area contributed by atoms with Crippen LogP contribution in [0.15, 0.2) is 77.3 Å². The standard InChI is InChI=1S/C26H32FN3O3S/c1-5-20(18-29-25(28)19(2)3)21-15-23(30-11-13-33-14-12-30)17-24(16-21)34(31,32)26(4,27)22-9-7-6-8-10-22/h5-10,15-19H,1,11-14H2,2-4H3,(H2,28,29)/b20-18+. The molecule has 8 heteroatoms. The number of halogens is 1. The van der Waals surface area contributed by atoms with Crippen molar-refractivity contribution in [1.29, 1.82) is 0 Å². The van der Waals surface area contributed by atoms with E-state index in [0.29, 0.717) is 49.0 Å². The van der Waals surface area contributed by atoms with E-state index in [4.69, 9.17) is 10.5 Å². The smallest absolute Gasteiger partial charge is 0.237 e. The molecule has 1 aliphatic heterocycles. The summed E-state index contributed by atoms with van der Waals surface area (Å²) in [6.07, 6.45) is 3.14. The summed E-state index contributed by atoms with van der Waals surface area (Å²) in [6, 6.07) is 12.8. The van der Waals surface area contributed by atoms with Gasteiger partial charge in [0.05, 0.1) is 18.1 Å². The molecule has 0 radical (unpaired) electrons. The van der Waals surface area contributed by atoms with Crippen LogP contribution in [0.25, 0.3) is 5.57 Å². The molecule has 1 heterocycles. The predicted octanol–water partition coefficient (Wildman–Crippen LogP) is 4.68. The lowest BCUT2D eigenvalue weighted by molar-refractivity contribution is 0.122. The summed E-state index contributed by atoms with van der Waals surface area (Å²) in [5, 5.41) is -2.62. The van der Waals surface area contributed by atoms with Crippen molar-refractivity contribution in [3.05, 3.63) is 78.5 Å². The molecular weight excluding hydrogens is 453 g/mol. The Morgan fingerprint density at radius 3 is 2.44 bits per heavy atom. The van der Waals surface area contributed by atoms with Crippen molar-refractivity contribution in [3.8, 4) is 0 Å². The Bertz CT molecular complexity index is 1180. The Labute approximate surface area is 201 Å². The minimum atomic E-state index is -4.41. The second kappa shape index (κ2) is 10.5. The van der Waals surface area contributed by atoms with Gasteiger partial charge in [0, 0.05) is 36.5 Å². The number of alkyl halides is 1. The largest absolute Gasteiger partial charge is 0.387 e. The molecule has 2 N–H and O–H groups in total. The first kappa shape index (κ1) is 25.6. The van der Waals surface area contributed by atoms with Crippen LogP contribution in [0, 0.1) is 5.92 Å². The van der Waals surface area contributed by atoms with Crippen LogP contribution in [0.3, 0.4) is 0 Å². The number of sulfone groups is 1. The molecule has 3 rings (SSSR count). The van der Waals surface area contributed by atoms with Crippen LogP contribution in [0.2, 0.25) is 0 Å². The highest BCUT2D eigenvalue weighted by Gasteiger charge is 2.42. The number of hydrogen-bond acceptors (Lipinski definition) is 5. The number of allylic oxidation sites excluding steroid dienone is 2. The van der Waals surface area contributed by atoms with Crippen molar-refractivity contribution in [2.45, 2.75) is 30.7 Å². The topological polar surface area (TPSA) is 85.0 Å². The van der Waals surface area contributed by atoms with Crippen molar-refractivity contribution < 1.29 is 17.5 Å². The average molecular weight is 486 g/mol. The molecule has 0 spiro atoms. The molecule has 2 aromatic rings. The Hall–Kier alpha value is -2.97. The third-order valence-corrected chi connectivity index (χ3v) is 7.97. The van der Waals surface area contributed by atoms with Gasteiger partial charge >= 0.3 is 0 Å². The van der Waals surface area contributed by atoms with Gasteiger partial charge in [-0.15, -0.1) is 0 Å². The number of aliphatic imine (C=N–C) groups is 1. The van der Waals surface area contributed by atoms with E-state index >= 15 is 4.39 Å². The summed E-state index contributed by atoms with van der Waals surface area (Å²) in [6.45, 7) is 11.0. The Morgan fingerprint density at radius 2 is 1.85 bits per heavy atom. The summed E-state index contributed by atoms with van der Waals surface area (Å²) < 4.78 is 48.6. The molecule has 0 aromatic heterocycles. The maximum absolute atomic E-state index is 15.9. The van der Waals surface area contributed by atoms with Crippen molar-refractivity contribution >= 4 is 26.9 Å². The minimum absolute atomic E-state index is 0.0519. The summed E-state index contributed by atoms with van der Waals surface area (Å²) in [7, 11) is -4.41. The van der Waals surface area contributed by atoms with E-state index in [1.54, 1.807) is 30.5 Å². The van der Waals surface area contributed by atoms with E-state index in [1.807, 2.05) is 24.8 Å². The van der Waals surface area contributed by atoms with Crippen LogP contribution in [0.4, 0.5) is 10.1 Å². The van der Waals surface area contributed by atoms with Crippen molar-refractivity contribution in [1.82, 2.24) is 0 Å². The number of rotatable bonds is 8. The van der Waals surface area contributed by atoms with E-state index in [0.717, 1.165) is 6.92 Å². The van der Waals surface area contributed by atoms with Gasteiger partial charge < -0.3 is 15.4 Å². The van der Waals surface area contributed by atoms with Gasteiger partial charge in [0.2, 0.25) is 14.8 Å². The summed E-state index contributed by atoms with van der Waals surface area (Å²) in [5.41, 5.74) is 7.84. The first-order chi connectivity index (χ1) is 16.1. The number of nitrogens with two attached hydrogens (primary N) is 1. The molecule has 0 bridgehead atoms. The molecule has 0 saturated carbocycles. The van der Waals surface area contributed by atoms with Gasteiger partial charge in [-0.2, -0.15) is 0 Å². The number of benzene rings is 2. The molecular formula is C26H32FN3O3S. The van der Waals surface area contributed by atoms with Crippen molar-refractivity contribution in [2.75, 3.05) is 31.2 Å². The molecule has 2 aromatic carbocycles. The highest BCUT2D eigenvalue weighted by atomic mass is 32.2. The van der Waals surface area contributed by atoms with E-state index in [2.05, 4.69) is 11.6 Å². The second-order valence-corrected chi connectivity index (χ2v) is 10.8. The zero-order valence-electron chi connectivity index (χ0n) is 19.9. The highest BCUT2D eigenvalue weighted by Crippen LogP contribution is 2.39. The zero-order valence-corrected chi connectivity index (χ0v) is 20.7. The lowest BCUT2D eigenvalue weighted by Gasteiger charge is -2.30. The molecule has 1 saturated heterocycles. The fraction of sp³-hybridized carbons (Fsp3) is 0.346. The van der Waals surface area contributed by atoms with Crippen molar-refractivity contribution in [2.24, 2.45) is 16.6 Å². The average Bonchev–Trinajstić information content (AvgIpc) is 2.85. The van der Waals surface area contributed by atoms with Gasteiger partial charge in [-0.05, 0) is 36.3 Å². The Balaban J connectivity index is 2.18. The highest BCUT2D eigenvalue weighted by molar-refractivity contribution is 7.92. The van der Waals surface area contributed by atoms with Crippen LogP contribution < -0.4 is 10.6 Å². The number of amidine groups is 1. The zero-order chi connectivity index (χ0) is 24.9. The lowest BCUT2D eigenvalue weighted by atomic mass is 10.1. The number of anilines is 1. The molecule has 0 aliphatic carbocycles. The van der Waals surface area contributed by atoms with Gasteiger partial charge in [-0.3, -0.25) is 0 Å². The van der Waals surface area contributed by atoms with Crippen LogP contribution >= 0.6 is 0 Å². The molecule has 182 valence electrons. The molecule has 1 aliphatic rings. The van der Waals surface area contributed by atoms with Crippen LogP contribution in [0.1, 0.15) is 31.9 Å². The number of hydrogen-bond donors (Lipinski definition) is 1. The quantitative estimate of drug-likeness (QED) is 0.333. The van der Waals surface area contributed by atoms with Crippen LogP contribution in [-0.4, -0.2) is 40.6 Å². The van der Waals surface area contributed by atoms with Gasteiger partial charge in [0.1, 0.15) is 5.84 Å². The van der Waals surface area contributed by atoms with Gasteiger partial charge in [0.15, 0.2) is 0 Å². The molecule has 1 atom stereocenters. The van der Waals surface area contributed by atoms with E-state index < -0.39 is 14.8 Å². The van der Waals surface area contributed by atoms with Gasteiger partial charge in [0.25, 0.3) is 0 Å². The summed E-state index contributed by atoms with van der Waals surface area (Å²) >= 11 is 0. The Morgan fingerprint density at radius 1 is 1.21 bits per heavy atom. The molecule has 1 unspecified atom stereocenters. The predicted molar refractivity (Wildman–Crippen MR) is 136 cm³/mol. The van der Waals surface area contributed by atoms with Gasteiger partial charge in [-0.1, -0.05) is 56.8 Å². The lowest BCUT2D eigenvalue weighted by Crippen LogP contribution is -2.36. The normalized spacial score (nSPS) is 17.5. The third-order valence-electron chi connectivity index (χ3n) is 5.87. The minimum Gasteiger partial charge on any atom is -0.387 e. The fourth-order valence-electron chi connectivity index (χ4n) is 3.56. The first-order valence-electron chi connectivity index (χ1n) is 11.2. The van der Waals surface area contributed by atoms with E-state index in [1.165, 1.54) is 24.3 Å². The number of nitrogens with zero attached hydrogens (tertiary/aromatic N) is 2. The first-order valence-corrected chi connectivity index (χ1v) is 12.7. The van der Waals surface area contributed by atoms with Crippen LogP contribution in [0.5, 0.6) is 0 Å². The van der Waals surface area contributed by atoms with Crippen LogP contribution in [-0.2, 0) is 19.6 Å². The number of ether oxygens (including phenoxy) is 1. The van der Waals surface area contributed by atoms with Crippen molar-refractivity contribution in [3.63, 3.8) is 0 Å². The second-order valence-electron chi connectivity index (χ2n) is 8.60. The summed E-state index contributed by atoms with van der Waals surface area (Å²) in [5.74, 6) is 0.494. The van der Waals surface area contributed by atoms with E-state index in [-0.39, 0.29) is 16.4 Å². The SMILES string of the molecule is C=C/C(=C\N=C(\N)C(C)C)c1cc(N2CCOCC2)cc(S(=O)(=O)C(C)(F)c2ccccc2)c1. The molecule has 1 fully saturated rings. The molecule has 34 heavy (non-hydrogen) atoms. The third kappa shape index (κ3) is 5.39. The van der Waals surface area contributed by atoms with E-state index in [9.17, 15) is 8.42 Å². The molecule has 6 nitrogen and oxygen atoms in total.